The van der Waals surface area contributed by atoms with Gasteiger partial charge < -0.3 is 5.11 Å². The van der Waals surface area contributed by atoms with Gasteiger partial charge in [-0.1, -0.05) is 41.4 Å². The number of nitrogens with zero attached hydrogens (tertiary/aromatic N) is 1. The largest absolute Gasteiger partial charge is 0.384 e. The summed E-state index contributed by atoms with van der Waals surface area (Å²) in [5, 5.41) is 12.1. The third-order valence-corrected chi connectivity index (χ3v) is 4.15. The van der Waals surface area contributed by atoms with E-state index < -0.39 is 5.60 Å². The topological polar surface area (TPSA) is 50.2 Å². The van der Waals surface area contributed by atoms with Gasteiger partial charge in [0, 0.05) is 47.3 Å². The van der Waals surface area contributed by atoms with E-state index in [0.717, 1.165) is 0 Å². The predicted molar refractivity (Wildman–Crippen MR) is 92.7 cm³/mol. The van der Waals surface area contributed by atoms with Gasteiger partial charge in [-0.3, -0.25) is 9.78 Å². The zero-order valence-corrected chi connectivity index (χ0v) is 14.0. The van der Waals surface area contributed by atoms with Gasteiger partial charge in [0.2, 0.25) is 0 Å². The number of aromatic nitrogens is 1. The molecule has 0 saturated heterocycles. The molecule has 0 saturated carbocycles. The predicted octanol–water partition coefficient (Wildman–Crippen LogP) is 4.35. The van der Waals surface area contributed by atoms with Crippen molar-refractivity contribution in [3.8, 4) is 0 Å². The summed E-state index contributed by atoms with van der Waals surface area (Å²) >= 11 is 12.1. The fourth-order valence-corrected chi connectivity index (χ4v) is 2.92. The lowest BCUT2D eigenvalue weighted by atomic mass is 9.83. The molecule has 1 unspecified atom stereocenters. The minimum atomic E-state index is -1.38. The first-order valence-electron chi connectivity index (χ1n) is 7.14. The highest BCUT2D eigenvalue weighted by atomic mass is 35.5. The Kier molecular flexibility index (Phi) is 5.94. The van der Waals surface area contributed by atoms with Gasteiger partial charge >= 0.3 is 0 Å². The van der Waals surface area contributed by atoms with Gasteiger partial charge in [-0.15, -0.1) is 6.58 Å². The molecule has 1 atom stereocenters. The lowest BCUT2D eigenvalue weighted by Crippen LogP contribution is -2.32. The van der Waals surface area contributed by atoms with E-state index in [1.54, 1.807) is 42.7 Å². The number of rotatable bonds is 7. The van der Waals surface area contributed by atoms with Gasteiger partial charge in [0.1, 0.15) is 11.4 Å². The molecule has 5 heteroatoms. The summed E-state index contributed by atoms with van der Waals surface area (Å²) in [7, 11) is 0. The number of carbonyl (C=O) groups is 1. The average Bonchev–Trinajstić information content (AvgIpc) is 2.51. The lowest BCUT2D eigenvalue weighted by Gasteiger charge is -2.28. The Morgan fingerprint density at radius 1 is 1.35 bits per heavy atom. The number of hydrogen-bond acceptors (Lipinski definition) is 3. The number of hydrogen-bond donors (Lipinski definition) is 1. The van der Waals surface area contributed by atoms with Crippen LogP contribution in [-0.2, 0) is 16.8 Å². The summed E-state index contributed by atoms with van der Waals surface area (Å²) in [6.07, 6.45) is 5.06. The molecule has 120 valence electrons. The Morgan fingerprint density at radius 3 is 2.74 bits per heavy atom. The molecule has 1 aromatic heterocycles. The van der Waals surface area contributed by atoms with Gasteiger partial charge in [0.25, 0.3) is 0 Å². The summed E-state index contributed by atoms with van der Waals surface area (Å²) in [5.74, 6) is -0.101. The third kappa shape index (κ3) is 4.64. The molecule has 3 nitrogen and oxygen atoms in total. The minimum absolute atomic E-state index is 0.0380. The van der Waals surface area contributed by atoms with Crippen LogP contribution in [0, 0.1) is 0 Å². The number of ketones is 1. The first-order chi connectivity index (χ1) is 10.9. The normalized spacial score (nSPS) is 13.3. The third-order valence-electron chi connectivity index (χ3n) is 3.56. The molecular weight excluding hydrogens is 333 g/mol. The Labute approximate surface area is 145 Å². The van der Waals surface area contributed by atoms with Crippen molar-refractivity contribution in [1.29, 1.82) is 0 Å². The lowest BCUT2D eigenvalue weighted by molar-refractivity contribution is -0.123. The van der Waals surface area contributed by atoms with E-state index in [1.807, 2.05) is 0 Å². The molecule has 0 spiro atoms. The number of benzene rings is 1. The molecule has 0 bridgehead atoms. The smallest absolute Gasteiger partial charge is 0.139 e. The van der Waals surface area contributed by atoms with Crippen LogP contribution in [-0.4, -0.2) is 15.9 Å². The zero-order valence-electron chi connectivity index (χ0n) is 12.5. The van der Waals surface area contributed by atoms with Crippen molar-refractivity contribution >= 4 is 29.0 Å². The number of allylic oxidation sites excluding steroid dienone is 1. The molecule has 1 heterocycles. The van der Waals surface area contributed by atoms with Crippen molar-refractivity contribution in [2.45, 2.75) is 24.9 Å². The van der Waals surface area contributed by atoms with E-state index >= 15 is 0 Å². The maximum Gasteiger partial charge on any atom is 0.139 e. The second-order valence-corrected chi connectivity index (χ2v) is 6.24. The molecule has 0 radical (unpaired) electrons. The summed E-state index contributed by atoms with van der Waals surface area (Å²) < 4.78 is 0. The van der Waals surface area contributed by atoms with Gasteiger partial charge in [-0.25, -0.2) is 0 Å². The summed E-state index contributed by atoms with van der Waals surface area (Å²) in [5.41, 5.74) is -0.0940. The highest BCUT2D eigenvalue weighted by Gasteiger charge is 2.33. The van der Waals surface area contributed by atoms with E-state index in [0.29, 0.717) is 21.2 Å². The maximum atomic E-state index is 12.1. The monoisotopic (exact) mass is 349 g/mol. The van der Waals surface area contributed by atoms with E-state index in [1.165, 1.54) is 6.08 Å². The second-order valence-electron chi connectivity index (χ2n) is 5.39. The number of Topliss-reactive ketones (excluding diaryl/α,β-unsaturated/α-hetero) is 1. The van der Waals surface area contributed by atoms with Crippen molar-refractivity contribution in [3.05, 3.63) is 76.6 Å². The Balaban J connectivity index is 2.37. The summed E-state index contributed by atoms with van der Waals surface area (Å²) in [6.45, 7) is 3.56. The summed E-state index contributed by atoms with van der Waals surface area (Å²) in [4.78, 5) is 16.1. The quantitative estimate of drug-likeness (QED) is 0.755. The molecule has 0 aliphatic carbocycles. The van der Waals surface area contributed by atoms with Crippen molar-refractivity contribution in [3.63, 3.8) is 0 Å². The maximum absolute atomic E-state index is 12.1. The van der Waals surface area contributed by atoms with Crippen LogP contribution in [0.2, 0.25) is 10.0 Å². The van der Waals surface area contributed by atoms with Crippen molar-refractivity contribution in [2.24, 2.45) is 0 Å². The van der Waals surface area contributed by atoms with Crippen LogP contribution in [0.15, 0.2) is 55.4 Å². The molecular formula is C18H17Cl2NO2. The molecule has 1 aromatic carbocycles. The fourth-order valence-electron chi connectivity index (χ4n) is 2.44. The SMILES string of the molecule is C=CCC(=O)CC(O)(Cc1ccc(Cl)cc1Cl)c1cccnc1. The van der Waals surface area contributed by atoms with E-state index in [-0.39, 0.29) is 25.0 Å². The Hall–Kier alpha value is -1.68. The minimum Gasteiger partial charge on any atom is -0.384 e. The van der Waals surface area contributed by atoms with Crippen molar-refractivity contribution in [1.82, 2.24) is 4.98 Å². The highest BCUT2D eigenvalue weighted by molar-refractivity contribution is 6.35. The van der Waals surface area contributed by atoms with Crippen LogP contribution >= 0.6 is 23.2 Å². The Morgan fingerprint density at radius 2 is 2.13 bits per heavy atom. The first-order valence-corrected chi connectivity index (χ1v) is 7.89. The first kappa shape index (κ1) is 17.7. The molecule has 23 heavy (non-hydrogen) atoms. The van der Waals surface area contributed by atoms with Crippen molar-refractivity contribution in [2.75, 3.05) is 0 Å². The van der Waals surface area contributed by atoms with Crippen LogP contribution in [0.4, 0.5) is 0 Å². The molecule has 0 amide bonds. The van der Waals surface area contributed by atoms with Crippen LogP contribution in [0.3, 0.4) is 0 Å². The fraction of sp³-hybridized carbons (Fsp3) is 0.222. The average molecular weight is 350 g/mol. The van der Waals surface area contributed by atoms with Gasteiger partial charge in [0.15, 0.2) is 0 Å². The van der Waals surface area contributed by atoms with Crippen LogP contribution in [0.5, 0.6) is 0 Å². The molecule has 0 aliphatic heterocycles. The molecule has 1 N–H and O–H groups in total. The number of carbonyl (C=O) groups excluding carboxylic acids is 1. The van der Waals surface area contributed by atoms with E-state index in [2.05, 4.69) is 11.6 Å². The zero-order chi connectivity index (χ0) is 16.9. The van der Waals surface area contributed by atoms with Crippen LogP contribution in [0.25, 0.3) is 0 Å². The molecule has 0 aliphatic rings. The standard InChI is InChI=1S/C18H17Cl2NO2/c1-2-4-16(22)11-18(23,14-5-3-8-21-12-14)10-13-6-7-15(19)9-17(13)20/h2-3,5-9,12,23H,1,4,10-11H2. The molecule has 2 aromatic rings. The molecule has 0 fully saturated rings. The number of aliphatic hydroxyl groups is 1. The van der Waals surface area contributed by atoms with E-state index in [9.17, 15) is 9.90 Å². The van der Waals surface area contributed by atoms with Crippen LogP contribution < -0.4 is 0 Å². The highest BCUT2D eigenvalue weighted by Crippen LogP contribution is 2.33. The Bertz CT molecular complexity index is 703. The number of pyridine rings is 1. The molecule has 2 rings (SSSR count). The van der Waals surface area contributed by atoms with Gasteiger partial charge in [-0.05, 0) is 23.8 Å². The number of halogens is 2. The van der Waals surface area contributed by atoms with Gasteiger partial charge in [0.05, 0.1) is 0 Å². The van der Waals surface area contributed by atoms with Crippen LogP contribution in [0.1, 0.15) is 24.0 Å². The van der Waals surface area contributed by atoms with Gasteiger partial charge in [-0.2, -0.15) is 0 Å². The van der Waals surface area contributed by atoms with Crippen molar-refractivity contribution < 1.29 is 9.90 Å². The van der Waals surface area contributed by atoms with E-state index in [4.69, 9.17) is 23.2 Å². The second kappa shape index (κ2) is 7.73. The summed E-state index contributed by atoms with van der Waals surface area (Å²) in [6, 6.07) is 8.55.